The van der Waals surface area contributed by atoms with Crippen LogP contribution in [0.5, 0.6) is 0 Å². The fraction of sp³-hybridized carbons (Fsp3) is 0.308. The SMILES string of the molecule is CCOC(=O)/C=C(\OCC)c1cccc(Cl)c1. The Balaban J connectivity index is 2.96. The van der Waals surface area contributed by atoms with Crippen LogP contribution in [-0.4, -0.2) is 19.2 Å². The van der Waals surface area contributed by atoms with Crippen molar-refractivity contribution in [1.29, 1.82) is 0 Å². The maximum atomic E-state index is 11.4. The largest absolute Gasteiger partial charge is 0.493 e. The first kappa shape index (κ1) is 13.6. The Bertz CT molecular complexity index is 413. The molecule has 0 fully saturated rings. The van der Waals surface area contributed by atoms with Gasteiger partial charge >= 0.3 is 5.97 Å². The maximum absolute atomic E-state index is 11.4. The molecular weight excluding hydrogens is 240 g/mol. The van der Waals surface area contributed by atoms with Gasteiger partial charge in [-0.1, -0.05) is 23.7 Å². The minimum atomic E-state index is -0.420. The van der Waals surface area contributed by atoms with Gasteiger partial charge in [0.05, 0.1) is 19.3 Å². The van der Waals surface area contributed by atoms with Crippen LogP contribution in [0, 0.1) is 0 Å². The van der Waals surface area contributed by atoms with Crippen molar-refractivity contribution in [2.75, 3.05) is 13.2 Å². The van der Waals surface area contributed by atoms with Crippen LogP contribution in [0.1, 0.15) is 19.4 Å². The van der Waals surface area contributed by atoms with Gasteiger partial charge in [0.25, 0.3) is 0 Å². The highest BCUT2D eigenvalue weighted by Gasteiger charge is 2.07. The van der Waals surface area contributed by atoms with Crippen LogP contribution in [0.2, 0.25) is 5.02 Å². The van der Waals surface area contributed by atoms with E-state index in [4.69, 9.17) is 21.1 Å². The zero-order valence-electron chi connectivity index (χ0n) is 9.90. The van der Waals surface area contributed by atoms with Crippen molar-refractivity contribution in [1.82, 2.24) is 0 Å². The van der Waals surface area contributed by atoms with E-state index in [1.54, 1.807) is 25.1 Å². The Hall–Kier alpha value is -1.48. The van der Waals surface area contributed by atoms with Gasteiger partial charge in [0.15, 0.2) is 0 Å². The second-order valence-electron chi connectivity index (χ2n) is 3.20. The van der Waals surface area contributed by atoms with Gasteiger partial charge < -0.3 is 9.47 Å². The Kier molecular flexibility index (Phi) is 5.57. The molecule has 1 rings (SSSR count). The maximum Gasteiger partial charge on any atom is 0.334 e. The summed E-state index contributed by atoms with van der Waals surface area (Å²) in [6.45, 7) is 4.41. The van der Waals surface area contributed by atoms with E-state index >= 15 is 0 Å². The fourth-order valence-electron chi connectivity index (χ4n) is 1.30. The van der Waals surface area contributed by atoms with E-state index in [0.29, 0.717) is 24.0 Å². The smallest absolute Gasteiger partial charge is 0.334 e. The molecule has 0 heterocycles. The summed E-state index contributed by atoms with van der Waals surface area (Å²) in [5.41, 5.74) is 0.757. The molecule has 0 saturated heterocycles. The molecule has 17 heavy (non-hydrogen) atoms. The van der Waals surface area contributed by atoms with Crippen molar-refractivity contribution in [3.8, 4) is 0 Å². The van der Waals surface area contributed by atoms with Gasteiger partial charge in [0, 0.05) is 10.6 Å². The van der Waals surface area contributed by atoms with Crippen LogP contribution in [0.3, 0.4) is 0 Å². The molecule has 0 aliphatic heterocycles. The predicted octanol–water partition coefficient (Wildman–Crippen LogP) is 3.28. The molecule has 0 aliphatic rings. The first-order valence-electron chi connectivity index (χ1n) is 5.44. The highest BCUT2D eigenvalue weighted by Crippen LogP contribution is 2.20. The van der Waals surface area contributed by atoms with Crippen molar-refractivity contribution in [2.45, 2.75) is 13.8 Å². The summed E-state index contributed by atoms with van der Waals surface area (Å²) in [5, 5.41) is 0.594. The molecule has 0 aliphatic carbocycles. The van der Waals surface area contributed by atoms with Crippen molar-refractivity contribution >= 4 is 23.3 Å². The van der Waals surface area contributed by atoms with Crippen LogP contribution in [0.4, 0.5) is 0 Å². The molecule has 92 valence electrons. The van der Waals surface area contributed by atoms with Crippen molar-refractivity contribution in [3.05, 3.63) is 40.9 Å². The second kappa shape index (κ2) is 6.97. The predicted molar refractivity (Wildman–Crippen MR) is 67.7 cm³/mol. The van der Waals surface area contributed by atoms with Crippen LogP contribution in [0.15, 0.2) is 30.3 Å². The summed E-state index contributed by atoms with van der Waals surface area (Å²) >= 11 is 5.89. The topological polar surface area (TPSA) is 35.5 Å². The van der Waals surface area contributed by atoms with Gasteiger partial charge in [0.2, 0.25) is 0 Å². The average molecular weight is 255 g/mol. The number of ether oxygens (including phenoxy) is 2. The van der Waals surface area contributed by atoms with E-state index < -0.39 is 5.97 Å². The number of benzene rings is 1. The highest BCUT2D eigenvalue weighted by molar-refractivity contribution is 6.30. The van der Waals surface area contributed by atoms with E-state index in [9.17, 15) is 4.79 Å². The lowest BCUT2D eigenvalue weighted by Crippen LogP contribution is -2.02. The Morgan fingerprint density at radius 1 is 1.29 bits per heavy atom. The van der Waals surface area contributed by atoms with Crippen LogP contribution in [0.25, 0.3) is 5.76 Å². The quantitative estimate of drug-likeness (QED) is 0.460. The minimum absolute atomic E-state index is 0.338. The van der Waals surface area contributed by atoms with Gasteiger partial charge in [-0.2, -0.15) is 0 Å². The lowest BCUT2D eigenvalue weighted by Gasteiger charge is -2.09. The summed E-state index contributed by atoms with van der Waals surface area (Å²) in [7, 11) is 0. The van der Waals surface area contributed by atoms with Crippen LogP contribution < -0.4 is 0 Å². The van der Waals surface area contributed by atoms with E-state index in [1.807, 2.05) is 13.0 Å². The molecule has 1 aromatic carbocycles. The van der Waals surface area contributed by atoms with Crippen LogP contribution >= 0.6 is 11.6 Å². The molecule has 0 aromatic heterocycles. The van der Waals surface area contributed by atoms with Gasteiger partial charge in [-0.05, 0) is 26.0 Å². The fourth-order valence-corrected chi connectivity index (χ4v) is 1.49. The number of hydrogen-bond donors (Lipinski definition) is 0. The van der Waals surface area contributed by atoms with E-state index in [2.05, 4.69) is 0 Å². The number of halogens is 1. The van der Waals surface area contributed by atoms with E-state index in [-0.39, 0.29) is 0 Å². The normalized spacial score (nSPS) is 11.1. The van der Waals surface area contributed by atoms with E-state index in [0.717, 1.165) is 5.56 Å². The van der Waals surface area contributed by atoms with E-state index in [1.165, 1.54) is 6.08 Å². The minimum Gasteiger partial charge on any atom is -0.493 e. The molecule has 0 amide bonds. The third-order valence-electron chi connectivity index (χ3n) is 1.94. The van der Waals surface area contributed by atoms with Crippen molar-refractivity contribution in [2.24, 2.45) is 0 Å². The number of carbonyl (C=O) groups is 1. The Labute approximate surface area is 106 Å². The second-order valence-corrected chi connectivity index (χ2v) is 3.64. The summed E-state index contributed by atoms with van der Waals surface area (Å²) in [5.74, 6) is 0.0457. The Morgan fingerprint density at radius 3 is 2.59 bits per heavy atom. The lowest BCUT2D eigenvalue weighted by molar-refractivity contribution is -0.137. The third-order valence-corrected chi connectivity index (χ3v) is 2.18. The molecule has 0 bridgehead atoms. The molecule has 3 nitrogen and oxygen atoms in total. The molecule has 1 aromatic rings. The molecular formula is C13H15ClO3. The molecule has 0 radical (unpaired) electrons. The molecule has 4 heteroatoms. The highest BCUT2D eigenvalue weighted by atomic mass is 35.5. The number of carbonyl (C=O) groups excluding carboxylic acids is 1. The first-order valence-corrected chi connectivity index (χ1v) is 5.82. The number of hydrogen-bond acceptors (Lipinski definition) is 3. The summed E-state index contributed by atoms with van der Waals surface area (Å²) in [4.78, 5) is 11.4. The Morgan fingerprint density at radius 2 is 2.00 bits per heavy atom. The molecule has 0 N–H and O–H groups in total. The zero-order valence-corrected chi connectivity index (χ0v) is 10.7. The summed E-state index contributed by atoms with van der Waals surface area (Å²) in [6.07, 6.45) is 1.33. The molecule has 0 atom stereocenters. The first-order chi connectivity index (χ1) is 8.17. The molecule has 0 unspecified atom stereocenters. The molecule has 0 spiro atoms. The van der Waals surface area contributed by atoms with Gasteiger partial charge in [-0.25, -0.2) is 4.79 Å². The standard InChI is InChI=1S/C13H15ClO3/c1-3-16-12(9-13(15)17-4-2)10-6-5-7-11(14)8-10/h5-9H,3-4H2,1-2H3/b12-9-. The van der Waals surface area contributed by atoms with Crippen molar-refractivity contribution < 1.29 is 14.3 Å². The summed E-state index contributed by atoms with van der Waals surface area (Å²) in [6, 6.07) is 7.13. The zero-order chi connectivity index (χ0) is 12.7. The lowest BCUT2D eigenvalue weighted by atomic mass is 10.2. The molecule has 0 saturated carbocycles. The summed E-state index contributed by atoms with van der Waals surface area (Å²) < 4.78 is 10.2. The van der Waals surface area contributed by atoms with Gasteiger partial charge in [0.1, 0.15) is 5.76 Å². The van der Waals surface area contributed by atoms with Gasteiger partial charge in [-0.15, -0.1) is 0 Å². The number of esters is 1. The number of rotatable bonds is 5. The monoisotopic (exact) mass is 254 g/mol. The average Bonchev–Trinajstić information content (AvgIpc) is 2.29. The van der Waals surface area contributed by atoms with Crippen LogP contribution in [-0.2, 0) is 14.3 Å². The van der Waals surface area contributed by atoms with Crippen molar-refractivity contribution in [3.63, 3.8) is 0 Å². The van der Waals surface area contributed by atoms with Gasteiger partial charge in [-0.3, -0.25) is 0 Å². The third kappa shape index (κ3) is 4.49.